The van der Waals surface area contributed by atoms with Crippen LogP contribution < -0.4 is 5.32 Å². The highest BCUT2D eigenvalue weighted by Gasteiger charge is 2.32. The molecule has 0 radical (unpaired) electrons. The highest BCUT2D eigenvalue weighted by atomic mass is 19.4. The molecule has 5 nitrogen and oxygen atoms in total. The molecule has 1 aliphatic heterocycles. The maximum atomic E-state index is 12.6. The molecule has 1 heterocycles. The van der Waals surface area contributed by atoms with E-state index in [1.165, 1.54) is 12.1 Å². The van der Waals surface area contributed by atoms with Gasteiger partial charge in [0.1, 0.15) is 0 Å². The van der Waals surface area contributed by atoms with Gasteiger partial charge in [-0.3, -0.25) is 14.5 Å². The number of alkyl halides is 3. The van der Waals surface area contributed by atoms with Gasteiger partial charge in [-0.15, -0.1) is 0 Å². The molecule has 1 aromatic rings. The predicted octanol–water partition coefficient (Wildman–Crippen LogP) is 2.13. The minimum Gasteiger partial charge on any atom is -0.352 e. The summed E-state index contributed by atoms with van der Waals surface area (Å²) in [7, 11) is 0. The number of nitrogens with one attached hydrogen (secondary N) is 1. The van der Waals surface area contributed by atoms with Crippen molar-refractivity contribution in [3.05, 3.63) is 35.4 Å². The molecule has 1 atom stereocenters. The first kappa shape index (κ1) is 18.7. The third-order valence-corrected chi connectivity index (χ3v) is 4.91. The average molecular weight is 369 g/mol. The monoisotopic (exact) mass is 369 g/mol. The van der Waals surface area contributed by atoms with Gasteiger partial charge in [-0.1, -0.05) is 0 Å². The topological polar surface area (TPSA) is 52.7 Å². The summed E-state index contributed by atoms with van der Waals surface area (Å²) in [4.78, 5) is 28.2. The number of carbonyl (C=O) groups excluding carboxylic acids is 2. The minimum absolute atomic E-state index is 0.00927. The molecule has 3 rings (SSSR count). The first-order chi connectivity index (χ1) is 12.3. The fourth-order valence-corrected chi connectivity index (χ4v) is 3.01. The van der Waals surface area contributed by atoms with E-state index < -0.39 is 11.7 Å². The summed E-state index contributed by atoms with van der Waals surface area (Å²) in [6.45, 7) is 3.87. The van der Waals surface area contributed by atoms with Crippen LogP contribution in [0.2, 0.25) is 0 Å². The molecule has 1 aromatic carbocycles. The number of rotatable bonds is 4. The zero-order valence-electron chi connectivity index (χ0n) is 14.6. The van der Waals surface area contributed by atoms with Gasteiger partial charge in [0.15, 0.2) is 0 Å². The number of amides is 2. The third-order valence-electron chi connectivity index (χ3n) is 4.91. The lowest BCUT2D eigenvalue weighted by atomic mass is 10.1. The van der Waals surface area contributed by atoms with Gasteiger partial charge in [-0.05, 0) is 44.0 Å². The summed E-state index contributed by atoms with van der Waals surface area (Å²) in [5.74, 6) is -0.275. The Labute approximate surface area is 150 Å². The summed E-state index contributed by atoms with van der Waals surface area (Å²) in [5, 5.41) is 2.98. The molecular weight excluding hydrogens is 347 g/mol. The normalized spacial score (nSPS) is 19.9. The number of carbonyl (C=O) groups is 2. The van der Waals surface area contributed by atoms with Gasteiger partial charge < -0.3 is 10.2 Å². The van der Waals surface area contributed by atoms with Crippen LogP contribution in [0.15, 0.2) is 24.3 Å². The van der Waals surface area contributed by atoms with Crippen LogP contribution in [0.25, 0.3) is 0 Å². The van der Waals surface area contributed by atoms with Crippen molar-refractivity contribution in [2.75, 3.05) is 26.2 Å². The van der Waals surface area contributed by atoms with E-state index in [1.807, 2.05) is 11.8 Å². The summed E-state index contributed by atoms with van der Waals surface area (Å²) in [6, 6.07) is 4.33. The van der Waals surface area contributed by atoms with Crippen molar-refractivity contribution in [2.24, 2.45) is 0 Å². The zero-order chi connectivity index (χ0) is 18.9. The first-order valence-electron chi connectivity index (χ1n) is 8.76. The molecule has 1 aliphatic carbocycles. The lowest BCUT2D eigenvalue weighted by Gasteiger charge is -2.37. The first-order valence-corrected chi connectivity index (χ1v) is 8.76. The van der Waals surface area contributed by atoms with Gasteiger partial charge in [0.05, 0.1) is 11.6 Å². The van der Waals surface area contributed by atoms with E-state index in [9.17, 15) is 22.8 Å². The number of nitrogens with zero attached hydrogens (tertiary/aromatic N) is 2. The Morgan fingerprint density at radius 2 is 1.65 bits per heavy atom. The number of hydrogen-bond donors (Lipinski definition) is 1. The second-order valence-corrected chi connectivity index (χ2v) is 6.86. The van der Waals surface area contributed by atoms with Crippen LogP contribution in [0.1, 0.15) is 35.7 Å². The predicted molar refractivity (Wildman–Crippen MR) is 89.5 cm³/mol. The molecule has 2 amide bonds. The lowest BCUT2D eigenvalue weighted by Crippen LogP contribution is -2.55. The zero-order valence-corrected chi connectivity index (χ0v) is 14.6. The van der Waals surface area contributed by atoms with Crippen molar-refractivity contribution in [2.45, 2.75) is 38.0 Å². The standard InChI is InChI=1S/C18H22F3N3O2/c1-12(16(25)22-15-6-7-15)23-8-10-24(11-9-23)17(26)13-2-4-14(5-3-13)18(19,20)21/h2-5,12,15H,6-11H2,1H3,(H,22,25). The molecule has 0 aromatic heterocycles. The number of hydrogen-bond acceptors (Lipinski definition) is 3. The largest absolute Gasteiger partial charge is 0.416 e. The molecule has 0 bridgehead atoms. The van der Waals surface area contributed by atoms with Gasteiger partial charge in [0.2, 0.25) is 5.91 Å². The highest BCUT2D eigenvalue weighted by Crippen LogP contribution is 2.29. The quantitative estimate of drug-likeness (QED) is 0.885. The maximum absolute atomic E-state index is 12.6. The Morgan fingerprint density at radius 3 is 2.15 bits per heavy atom. The Kier molecular flexibility index (Phi) is 5.22. The fraction of sp³-hybridized carbons (Fsp3) is 0.556. The molecule has 26 heavy (non-hydrogen) atoms. The van der Waals surface area contributed by atoms with Crippen LogP contribution in [-0.2, 0) is 11.0 Å². The molecule has 2 aliphatic rings. The van der Waals surface area contributed by atoms with Crippen LogP contribution in [-0.4, -0.2) is 59.9 Å². The van der Waals surface area contributed by atoms with E-state index in [4.69, 9.17) is 0 Å². The van der Waals surface area contributed by atoms with Crippen LogP contribution >= 0.6 is 0 Å². The van der Waals surface area contributed by atoms with Gasteiger partial charge in [0, 0.05) is 37.8 Å². The smallest absolute Gasteiger partial charge is 0.352 e. The Morgan fingerprint density at radius 1 is 1.08 bits per heavy atom. The summed E-state index contributed by atoms with van der Waals surface area (Å²) in [6.07, 6.45) is -2.34. The van der Waals surface area contributed by atoms with Gasteiger partial charge in [-0.25, -0.2) is 0 Å². The van der Waals surface area contributed by atoms with E-state index in [-0.39, 0.29) is 23.4 Å². The minimum atomic E-state index is -4.41. The number of piperazine rings is 1. The maximum Gasteiger partial charge on any atom is 0.416 e. The van der Waals surface area contributed by atoms with Crippen LogP contribution in [0.4, 0.5) is 13.2 Å². The van der Waals surface area contributed by atoms with Crippen molar-refractivity contribution >= 4 is 11.8 Å². The van der Waals surface area contributed by atoms with Crippen molar-refractivity contribution in [3.63, 3.8) is 0 Å². The molecule has 1 N–H and O–H groups in total. The Bertz CT molecular complexity index is 663. The second kappa shape index (κ2) is 7.26. The van der Waals surface area contributed by atoms with E-state index in [0.717, 1.165) is 25.0 Å². The van der Waals surface area contributed by atoms with E-state index in [1.54, 1.807) is 4.90 Å². The van der Waals surface area contributed by atoms with E-state index in [2.05, 4.69) is 5.32 Å². The molecule has 1 saturated heterocycles. The summed E-state index contributed by atoms with van der Waals surface area (Å²) < 4.78 is 37.8. The second-order valence-electron chi connectivity index (χ2n) is 6.86. The number of halogens is 3. The highest BCUT2D eigenvalue weighted by molar-refractivity contribution is 5.94. The summed E-state index contributed by atoms with van der Waals surface area (Å²) in [5.41, 5.74) is -0.527. The molecule has 1 saturated carbocycles. The SMILES string of the molecule is CC(C(=O)NC1CC1)N1CCN(C(=O)c2ccc(C(F)(F)F)cc2)CC1. The van der Waals surface area contributed by atoms with Crippen LogP contribution in [0, 0.1) is 0 Å². The molecule has 142 valence electrons. The van der Waals surface area contributed by atoms with Crippen molar-refractivity contribution in [3.8, 4) is 0 Å². The molecular formula is C18H22F3N3O2. The Balaban J connectivity index is 1.53. The molecule has 2 fully saturated rings. The van der Waals surface area contributed by atoms with E-state index in [0.29, 0.717) is 32.2 Å². The molecule has 1 unspecified atom stereocenters. The Hall–Kier alpha value is -2.09. The van der Waals surface area contributed by atoms with Crippen molar-refractivity contribution in [1.29, 1.82) is 0 Å². The molecule has 8 heteroatoms. The summed E-state index contributed by atoms with van der Waals surface area (Å²) >= 11 is 0. The average Bonchev–Trinajstić information content (AvgIpc) is 3.44. The number of benzene rings is 1. The van der Waals surface area contributed by atoms with Gasteiger partial charge in [-0.2, -0.15) is 13.2 Å². The van der Waals surface area contributed by atoms with Crippen molar-refractivity contribution in [1.82, 2.24) is 15.1 Å². The van der Waals surface area contributed by atoms with Gasteiger partial charge in [0.25, 0.3) is 5.91 Å². The molecule has 0 spiro atoms. The fourth-order valence-electron chi connectivity index (χ4n) is 3.01. The van der Waals surface area contributed by atoms with Crippen LogP contribution in [0.3, 0.4) is 0 Å². The third kappa shape index (κ3) is 4.35. The van der Waals surface area contributed by atoms with Crippen molar-refractivity contribution < 1.29 is 22.8 Å². The van der Waals surface area contributed by atoms with Crippen LogP contribution in [0.5, 0.6) is 0 Å². The van der Waals surface area contributed by atoms with E-state index >= 15 is 0 Å². The lowest BCUT2D eigenvalue weighted by molar-refractivity contribution is -0.137. The van der Waals surface area contributed by atoms with Gasteiger partial charge >= 0.3 is 6.18 Å².